The van der Waals surface area contributed by atoms with Crippen LogP contribution < -0.4 is 5.32 Å². The van der Waals surface area contributed by atoms with Gasteiger partial charge in [0, 0.05) is 31.4 Å². The number of carbonyl (C=O) groups is 1. The first-order valence-electron chi connectivity index (χ1n) is 6.74. The fraction of sp³-hybridized carbons (Fsp3) is 0.643. The number of nitrogens with one attached hydrogen (secondary N) is 1. The lowest BCUT2D eigenvalue weighted by molar-refractivity contribution is 0.0916. The third-order valence-electron chi connectivity index (χ3n) is 3.92. The molecule has 0 radical (unpaired) electrons. The summed E-state index contributed by atoms with van der Waals surface area (Å²) in [5.41, 5.74) is 1.81. The fourth-order valence-electron chi connectivity index (χ4n) is 2.78. The Kier molecular flexibility index (Phi) is 4.07. The minimum atomic E-state index is -0.244. The topological polar surface area (TPSA) is 54.3 Å². The van der Waals surface area contributed by atoms with Crippen molar-refractivity contribution in [3.05, 3.63) is 23.5 Å². The lowest BCUT2D eigenvalue weighted by Gasteiger charge is -2.15. The number of hydrogen-bond acceptors (Lipinski definition) is 2. The molecule has 1 aliphatic rings. The van der Waals surface area contributed by atoms with E-state index < -0.39 is 0 Å². The summed E-state index contributed by atoms with van der Waals surface area (Å²) in [6.07, 6.45) is 5.46. The molecule has 0 aromatic carbocycles. The van der Waals surface area contributed by atoms with Gasteiger partial charge in [-0.2, -0.15) is 0 Å². The van der Waals surface area contributed by atoms with Gasteiger partial charge in [-0.15, -0.1) is 0 Å². The van der Waals surface area contributed by atoms with E-state index in [0.717, 1.165) is 36.9 Å². The van der Waals surface area contributed by atoms with Crippen molar-refractivity contribution in [1.29, 1.82) is 0 Å². The molecule has 0 saturated heterocycles. The molecular formula is C14H22N2O2. The first-order valence-corrected chi connectivity index (χ1v) is 6.74. The average Bonchev–Trinajstić information content (AvgIpc) is 2.92. The molecule has 4 nitrogen and oxygen atoms in total. The highest BCUT2D eigenvalue weighted by Gasteiger charge is 2.25. The van der Waals surface area contributed by atoms with Gasteiger partial charge in [0.2, 0.25) is 0 Å². The highest BCUT2D eigenvalue weighted by atomic mass is 16.3. The van der Waals surface area contributed by atoms with Crippen LogP contribution in [0.2, 0.25) is 0 Å². The van der Waals surface area contributed by atoms with Crippen LogP contribution in [0.5, 0.6) is 0 Å². The Bertz CT molecular complexity index is 425. The van der Waals surface area contributed by atoms with E-state index in [4.69, 9.17) is 0 Å². The van der Waals surface area contributed by atoms with E-state index in [-0.39, 0.29) is 17.9 Å². The van der Waals surface area contributed by atoms with Gasteiger partial charge in [0.25, 0.3) is 5.91 Å². The fourth-order valence-corrected chi connectivity index (χ4v) is 2.78. The van der Waals surface area contributed by atoms with E-state index >= 15 is 0 Å². The maximum absolute atomic E-state index is 12.1. The van der Waals surface area contributed by atoms with Gasteiger partial charge in [-0.05, 0) is 25.3 Å². The monoisotopic (exact) mass is 250 g/mol. The third kappa shape index (κ3) is 2.58. The number of rotatable bonds is 4. The van der Waals surface area contributed by atoms with Crippen LogP contribution in [0.25, 0.3) is 0 Å². The SMILES string of the molecule is CCc1c(C(=O)NC[C@H]2CCC[C@@H]2O)ccn1C. The molecule has 100 valence electrons. The minimum absolute atomic E-state index is 0.0217. The van der Waals surface area contributed by atoms with Gasteiger partial charge in [-0.25, -0.2) is 0 Å². The zero-order chi connectivity index (χ0) is 13.1. The molecule has 2 atom stereocenters. The summed E-state index contributed by atoms with van der Waals surface area (Å²) in [5, 5.41) is 12.7. The smallest absolute Gasteiger partial charge is 0.253 e. The molecule has 2 N–H and O–H groups in total. The molecule has 1 aliphatic carbocycles. The number of aliphatic hydroxyl groups is 1. The highest BCUT2D eigenvalue weighted by Crippen LogP contribution is 2.24. The Labute approximate surface area is 108 Å². The second kappa shape index (κ2) is 5.57. The Morgan fingerprint density at radius 1 is 1.56 bits per heavy atom. The van der Waals surface area contributed by atoms with Gasteiger partial charge in [0.1, 0.15) is 0 Å². The Hall–Kier alpha value is -1.29. The van der Waals surface area contributed by atoms with Crippen molar-refractivity contribution < 1.29 is 9.90 Å². The van der Waals surface area contributed by atoms with Crippen molar-refractivity contribution in [2.45, 2.75) is 38.7 Å². The Morgan fingerprint density at radius 3 is 2.94 bits per heavy atom. The van der Waals surface area contributed by atoms with Crippen molar-refractivity contribution in [3.8, 4) is 0 Å². The van der Waals surface area contributed by atoms with E-state index in [2.05, 4.69) is 5.32 Å². The summed E-state index contributed by atoms with van der Waals surface area (Å²) >= 11 is 0. The Morgan fingerprint density at radius 2 is 2.33 bits per heavy atom. The second-order valence-corrected chi connectivity index (χ2v) is 5.11. The van der Waals surface area contributed by atoms with Crippen molar-refractivity contribution in [3.63, 3.8) is 0 Å². The van der Waals surface area contributed by atoms with Crippen LogP contribution in [0.3, 0.4) is 0 Å². The number of aryl methyl sites for hydroxylation is 1. The van der Waals surface area contributed by atoms with Gasteiger partial charge >= 0.3 is 0 Å². The van der Waals surface area contributed by atoms with Crippen molar-refractivity contribution in [1.82, 2.24) is 9.88 Å². The lowest BCUT2D eigenvalue weighted by Crippen LogP contribution is -2.32. The zero-order valence-electron chi connectivity index (χ0n) is 11.1. The molecule has 1 aromatic rings. The molecule has 2 rings (SSSR count). The molecule has 0 spiro atoms. The molecular weight excluding hydrogens is 228 g/mol. The molecule has 4 heteroatoms. The molecule has 0 unspecified atom stereocenters. The van der Waals surface area contributed by atoms with Gasteiger partial charge in [0.05, 0.1) is 11.7 Å². The Balaban J connectivity index is 1.95. The van der Waals surface area contributed by atoms with Crippen LogP contribution in [0.15, 0.2) is 12.3 Å². The molecule has 18 heavy (non-hydrogen) atoms. The number of amides is 1. The predicted octanol–water partition coefficient (Wildman–Crippen LogP) is 1.48. The van der Waals surface area contributed by atoms with E-state index in [0.29, 0.717) is 6.54 Å². The van der Waals surface area contributed by atoms with E-state index in [9.17, 15) is 9.90 Å². The number of aromatic nitrogens is 1. The van der Waals surface area contributed by atoms with Gasteiger partial charge < -0.3 is 15.0 Å². The lowest BCUT2D eigenvalue weighted by atomic mass is 10.1. The van der Waals surface area contributed by atoms with Crippen LogP contribution in [0.1, 0.15) is 42.2 Å². The van der Waals surface area contributed by atoms with Crippen LogP contribution in [0, 0.1) is 5.92 Å². The summed E-state index contributed by atoms with van der Waals surface area (Å²) in [4.78, 5) is 12.1. The van der Waals surface area contributed by atoms with Crippen molar-refractivity contribution >= 4 is 5.91 Å². The predicted molar refractivity (Wildman–Crippen MR) is 70.5 cm³/mol. The maximum Gasteiger partial charge on any atom is 0.253 e. The summed E-state index contributed by atoms with van der Waals surface area (Å²) < 4.78 is 1.99. The van der Waals surface area contributed by atoms with Crippen LogP contribution >= 0.6 is 0 Å². The molecule has 1 amide bonds. The molecule has 1 fully saturated rings. The van der Waals surface area contributed by atoms with Gasteiger partial charge in [-0.1, -0.05) is 13.3 Å². The second-order valence-electron chi connectivity index (χ2n) is 5.11. The molecule has 0 aliphatic heterocycles. The minimum Gasteiger partial charge on any atom is -0.393 e. The normalized spacial score (nSPS) is 23.3. The number of aliphatic hydroxyl groups excluding tert-OH is 1. The standard InChI is InChI=1S/C14H22N2O2/c1-3-12-11(7-8-16(12)2)14(18)15-9-10-5-4-6-13(10)17/h7-8,10,13,17H,3-6,9H2,1-2H3,(H,15,18)/t10-,13+/m1/s1. The van der Waals surface area contributed by atoms with Crippen LogP contribution in [-0.4, -0.2) is 28.2 Å². The molecule has 0 bridgehead atoms. The van der Waals surface area contributed by atoms with Crippen molar-refractivity contribution in [2.75, 3.05) is 6.54 Å². The largest absolute Gasteiger partial charge is 0.393 e. The highest BCUT2D eigenvalue weighted by molar-refractivity contribution is 5.95. The van der Waals surface area contributed by atoms with E-state index in [1.54, 1.807) is 0 Å². The van der Waals surface area contributed by atoms with Crippen molar-refractivity contribution in [2.24, 2.45) is 13.0 Å². The number of hydrogen-bond donors (Lipinski definition) is 2. The zero-order valence-corrected chi connectivity index (χ0v) is 11.1. The number of carbonyl (C=O) groups excluding carboxylic acids is 1. The molecule has 1 saturated carbocycles. The summed E-state index contributed by atoms with van der Waals surface area (Å²) in [6.45, 7) is 2.63. The maximum atomic E-state index is 12.1. The van der Waals surface area contributed by atoms with Crippen LogP contribution in [-0.2, 0) is 13.5 Å². The first kappa shape index (κ1) is 13.1. The quantitative estimate of drug-likeness (QED) is 0.850. The van der Waals surface area contributed by atoms with Gasteiger partial charge in [0.15, 0.2) is 0 Å². The van der Waals surface area contributed by atoms with Crippen LogP contribution in [0.4, 0.5) is 0 Å². The van der Waals surface area contributed by atoms with E-state index in [1.165, 1.54) is 0 Å². The average molecular weight is 250 g/mol. The molecule has 1 heterocycles. The summed E-state index contributed by atoms with van der Waals surface area (Å²) in [5.74, 6) is 0.203. The summed E-state index contributed by atoms with van der Waals surface area (Å²) in [7, 11) is 1.95. The molecule has 1 aromatic heterocycles. The third-order valence-corrected chi connectivity index (χ3v) is 3.92. The number of nitrogens with zero attached hydrogens (tertiary/aromatic N) is 1. The summed E-state index contributed by atoms with van der Waals surface area (Å²) in [6, 6.07) is 1.86. The van der Waals surface area contributed by atoms with Gasteiger partial charge in [-0.3, -0.25) is 4.79 Å². The first-order chi connectivity index (χ1) is 8.63. The van der Waals surface area contributed by atoms with E-state index in [1.807, 2.05) is 30.8 Å².